The van der Waals surface area contributed by atoms with Crippen LogP contribution in [0.1, 0.15) is 12.0 Å². The molecular weight excluding hydrogens is 247 g/mol. The third-order valence-corrected chi connectivity index (χ3v) is 3.08. The number of rotatable bonds is 2. The van der Waals surface area contributed by atoms with Crippen molar-refractivity contribution >= 4 is 35.6 Å². The molecular formula is C11H14Cl2N2O. The summed E-state index contributed by atoms with van der Waals surface area (Å²) in [5.74, 6) is 0.0200. The van der Waals surface area contributed by atoms with E-state index >= 15 is 0 Å². The zero-order valence-corrected chi connectivity index (χ0v) is 10.5. The summed E-state index contributed by atoms with van der Waals surface area (Å²) in [4.78, 5) is 11.6. The lowest BCUT2D eigenvalue weighted by Crippen LogP contribution is -2.50. The van der Waals surface area contributed by atoms with Gasteiger partial charge in [0.2, 0.25) is 5.91 Å². The van der Waals surface area contributed by atoms with E-state index < -0.39 is 0 Å². The molecule has 1 heterocycles. The summed E-state index contributed by atoms with van der Waals surface area (Å²) in [6.07, 6.45) is 0.908. The quantitative estimate of drug-likeness (QED) is 0.858. The second-order valence-corrected chi connectivity index (χ2v) is 4.10. The number of carbonyl (C=O) groups is 1. The number of carbonyl (C=O) groups excluding carboxylic acids is 1. The molecule has 3 nitrogen and oxygen atoms in total. The normalized spacial score (nSPS) is 18.2. The van der Waals surface area contributed by atoms with E-state index in [9.17, 15) is 4.79 Å². The summed E-state index contributed by atoms with van der Waals surface area (Å²) in [6, 6.07) is 5.47. The Balaban J connectivity index is 0.00000128. The van der Waals surface area contributed by atoms with Crippen molar-refractivity contribution in [3.8, 4) is 0 Å². The number of halogens is 2. The number of benzene rings is 1. The minimum atomic E-state index is -0.0385. The molecule has 1 atom stereocenters. The highest BCUT2D eigenvalue weighted by molar-refractivity contribution is 6.31. The Morgan fingerprint density at radius 3 is 2.81 bits per heavy atom. The molecule has 1 fully saturated rings. The van der Waals surface area contributed by atoms with Crippen molar-refractivity contribution in [3.05, 3.63) is 28.8 Å². The van der Waals surface area contributed by atoms with Gasteiger partial charge in [-0.2, -0.15) is 0 Å². The summed E-state index contributed by atoms with van der Waals surface area (Å²) < 4.78 is 0. The molecule has 1 aromatic carbocycles. The van der Waals surface area contributed by atoms with Crippen molar-refractivity contribution in [1.29, 1.82) is 0 Å². The zero-order valence-electron chi connectivity index (χ0n) is 8.92. The Kier molecular flexibility index (Phi) is 4.59. The number of hydrogen-bond donors (Lipinski definition) is 2. The molecule has 2 rings (SSSR count). The molecule has 1 aliphatic heterocycles. The minimum Gasteiger partial charge on any atom is -0.324 e. The Labute approximate surface area is 106 Å². The Bertz CT molecular complexity index is 392. The SMILES string of the molecule is Cc1c(Cl)cccc1NC(=O)[C@H]1CCN1.Cl. The second-order valence-electron chi connectivity index (χ2n) is 3.70. The van der Waals surface area contributed by atoms with Gasteiger partial charge < -0.3 is 10.6 Å². The summed E-state index contributed by atoms with van der Waals surface area (Å²) >= 11 is 5.96. The number of hydrogen-bond acceptors (Lipinski definition) is 2. The van der Waals surface area contributed by atoms with Crippen LogP contribution in [-0.2, 0) is 4.79 Å². The van der Waals surface area contributed by atoms with E-state index in [1.165, 1.54) is 0 Å². The standard InChI is InChI=1S/C11H13ClN2O.ClH/c1-7-8(12)3-2-4-9(7)14-11(15)10-5-6-13-10;/h2-4,10,13H,5-6H2,1H3,(H,14,15);1H/t10-;/m1./s1. The summed E-state index contributed by atoms with van der Waals surface area (Å²) in [6.45, 7) is 2.82. The maximum atomic E-state index is 11.6. The smallest absolute Gasteiger partial charge is 0.241 e. The fourth-order valence-corrected chi connectivity index (χ4v) is 1.65. The molecule has 2 N–H and O–H groups in total. The first-order valence-electron chi connectivity index (χ1n) is 4.98. The first kappa shape index (κ1) is 13.3. The van der Waals surface area contributed by atoms with Crippen LogP contribution in [0.15, 0.2) is 18.2 Å². The third kappa shape index (κ3) is 2.67. The van der Waals surface area contributed by atoms with E-state index in [-0.39, 0.29) is 24.4 Å². The van der Waals surface area contributed by atoms with Crippen molar-refractivity contribution in [2.75, 3.05) is 11.9 Å². The van der Waals surface area contributed by atoms with Crippen LogP contribution < -0.4 is 10.6 Å². The lowest BCUT2D eigenvalue weighted by atomic mass is 10.1. The molecule has 0 aliphatic carbocycles. The van der Waals surface area contributed by atoms with Gasteiger partial charge in [-0.3, -0.25) is 4.79 Å². The van der Waals surface area contributed by atoms with Crippen LogP contribution in [0, 0.1) is 6.92 Å². The molecule has 0 aromatic heterocycles. The average molecular weight is 261 g/mol. The first-order chi connectivity index (χ1) is 7.18. The predicted octanol–water partition coefficient (Wildman–Crippen LogP) is 2.37. The van der Waals surface area contributed by atoms with Crippen molar-refractivity contribution in [1.82, 2.24) is 5.32 Å². The van der Waals surface area contributed by atoms with Crippen LogP contribution in [0.4, 0.5) is 5.69 Å². The number of amides is 1. The van der Waals surface area contributed by atoms with E-state index in [1.807, 2.05) is 25.1 Å². The third-order valence-electron chi connectivity index (χ3n) is 2.67. The first-order valence-corrected chi connectivity index (χ1v) is 5.35. The molecule has 1 saturated heterocycles. The summed E-state index contributed by atoms with van der Waals surface area (Å²) in [5.41, 5.74) is 1.70. The van der Waals surface area contributed by atoms with E-state index in [0.29, 0.717) is 5.02 Å². The zero-order chi connectivity index (χ0) is 10.8. The van der Waals surface area contributed by atoms with Crippen LogP contribution in [0.2, 0.25) is 5.02 Å². The fraction of sp³-hybridized carbons (Fsp3) is 0.364. The van der Waals surface area contributed by atoms with Gasteiger partial charge in [0.15, 0.2) is 0 Å². The second kappa shape index (κ2) is 5.53. The molecule has 88 valence electrons. The lowest BCUT2D eigenvalue weighted by molar-refractivity contribution is -0.119. The highest BCUT2D eigenvalue weighted by Crippen LogP contribution is 2.23. The van der Waals surface area contributed by atoms with Crippen molar-refractivity contribution in [2.45, 2.75) is 19.4 Å². The topological polar surface area (TPSA) is 41.1 Å². The van der Waals surface area contributed by atoms with Crippen LogP contribution >= 0.6 is 24.0 Å². The molecule has 0 spiro atoms. The number of nitrogens with one attached hydrogen (secondary N) is 2. The Hall–Kier alpha value is -0.770. The monoisotopic (exact) mass is 260 g/mol. The molecule has 5 heteroatoms. The van der Waals surface area contributed by atoms with Gasteiger partial charge in [-0.05, 0) is 37.6 Å². The van der Waals surface area contributed by atoms with Crippen LogP contribution in [-0.4, -0.2) is 18.5 Å². The largest absolute Gasteiger partial charge is 0.324 e. The molecule has 16 heavy (non-hydrogen) atoms. The maximum absolute atomic E-state index is 11.6. The van der Waals surface area contributed by atoms with Gasteiger partial charge in [0.05, 0.1) is 6.04 Å². The van der Waals surface area contributed by atoms with Crippen molar-refractivity contribution in [3.63, 3.8) is 0 Å². The Morgan fingerprint density at radius 2 is 2.25 bits per heavy atom. The van der Waals surface area contributed by atoms with Gasteiger partial charge >= 0.3 is 0 Å². The van der Waals surface area contributed by atoms with Crippen LogP contribution in [0.25, 0.3) is 0 Å². The molecule has 1 aromatic rings. The van der Waals surface area contributed by atoms with Gasteiger partial charge in [0.25, 0.3) is 0 Å². The molecule has 1 amide bonds. The van der Waals surface area contributed by atoms with E-state index in [4.69, 9.17) is 11.6 Å². The predicted molar refractivity (Wildman–Crippen MR) is 68.5 cm³/mol. The van der Waals surface area contributed by atoms with Gasteiger partial charge in [-0.1, -0.05) is 17.7 Å². The summed E-state index contributed by atoms with van der Waals surface area (Å²) in [5, 5.41) is 6.60. The molecule has 0 radical (unpaired) electrons. The van der Waals surface area contributed by atoms with Gasteiger partial charge in [-0.25, -0.2) is 0 Å². The minimum absolute atomic E-state index is 0. The molecule has 0 unspecified atom stereocenters. The highest BCUT2D eigenvalue weighted by Gasteiger charge is 2.24. The van der Waals surface area contributed by atoms with E-state index in [2.05, 4.69) is 10.6 Å². The van der Waals surface area contributed by atoms with Crippen LogP contribution in [0.5, 0.6) is 0 Å². The molecule has 1 aliphatic rings. The summed E-state index contributed by atoms with van der Waals surface area (Å²) in [7, 11) is 0. The number of anilines is 1. The van der Waals surface area contributed by atoms with E-state index in [0.717, 1.165) is 24.2 Å². The van der Waals surface area contributed by atoms with Gasteiger partial charge in [0.1, 0.15) is 0 Å². The van der Waals surface area contributed by atoms with Crippen molar-refractivity contribution in [2.24, 2.45) is 0 Å². The molecule has 0 bridgehead atoms. The van der Waals surface area contributed by atoms with E-state index in [1.54, 1.807) is 0 Å². The van der Waals surface area contributed by atoms with Crippen molar-refractivity contribution < 1.29 is 4.79 Å². The van der Waals surface area contributed by atoms with Gasteiger partial charge in [-0.15, -0.1) is 12.4 Å². The fourth-order valence-electron chi connectivity index (χ4n) is 1.48. The molecule has 0 saturated carbocycles. The van der Waals surface area contributed by atoms with Crippen LogP contribution in [0.3, 0.4) is 0 Å². The Morgan fingerprint density at radius 1 is 1.56 bits per heavy atom. The maximum Gasteiger partial charge on any atom is 0.241 e. The van der Waals surface area contributed by atoms with Gasteiger partial charge in [0, 0.05) is 10.7 Å². The highest BCUT2D eigenvalue weighted by atomic mass is 35.5. The average Bonchev–Trinajstić information content (AvgIpc) is 2.10. The lowest BCUT2D eigenvalue weighted by Gasteiger charge is -2.26.